The maximum atomic E-state index is 3.50. The van der Waals surface area contributed by atoms with E-state index < -0.39 is 0 Å². The summed E-state index contributed by atoms with van der Waals surface area (Å²) in [6.45, 7) is 7.22. The fraction of sp³-hybridized carbons (Fsp3) is 0.647. The van der Waals surface area contributed by atoms with Crippen LogP contribution in [0.5, 0.6) is 0 Å². The number of likely N-dealkylation sites (tertiary alicyclic amines) is 1. The van der Waals surface area contributed by atoms with Crippen LogP contribution in [0.3, 0.4) is 0 Å². The normalized spacial score (nSPS) is 24.1. The van der Waals surface area contributed by atoms with E-state index in [4.69, 9.17) is 0 Å². The van der Waals surface area contributed by atoms with Crippen molar-refractivity contribution in [2.45, 2.75) is 45.2 Å². The second-order valence-electron chi connectivity index (χ2n) is 5.99. The number of nitrogens with zero attached hydrogens (tertiary/aromatic N) is 1. The molecule has 1 aliphatic heterocycles. The van der Waals surface area contributed by atoms with Crippen LogP contribution in [0.2, 0.25) is 0 Å². The quantitative estimate of drug-likeness (QED) is 0.872. The van der Waals surface area contributed by atoms with Crippen molar-refractivity contribution in [1.82, 2.24) is 10.2 Å². The van der Waals surface area contributed by atoms with Gasteiger partial charge >= 0.3 is 0 Å². The molecule has 3 atom stereocenters. The van der Waals surface area contributed by atoms with E-state index in [1.165, 1.54) is 37.9 Å². The number of nitrogens with one attached hydrogen (secondary N) is 1. The average Bonchev–Trinajstić information content (AvgIpc) is 2.43. The highest BCUT2D eigenvalue weighted by Crippen LogP contribution is 2.25. The molecule has 0 bridgehead atoms. The lowest BCUT2D eigenvalue weighted by Gasteiger charge is -2.37. The molecule has 0 saturated carbocycles. The minimum atomic E-state index is 0.454. The highest BCUT2D eigenvalue weighted by Gasteiger charge is 2.24. The minimum Gasteiger partial charge on any atom is -0.313 e. The van der Waals surface area contributed by atoms with Crippen LogP contribution < -0.4 is 5.32 Å². The maximum Gasteiger partial charge on any atom is 0.0355 e. The van der Waals surface area contributed by atoms with E-state index >= 15 is 0 Å². The Kier molecular flexibility index (Phi) is 5.41. The van der Waals surface area contributed by atoms with Crippen LogP contribution in [-0.4, -0.2) is 31.1 Å². The predicted molar refractivity (Wildman–Crippen MR) is 82.3 cm³/mol. The fourth-order valence-electron chi connectivity index (χ4n) is 3.34. The molecule has 3 unspecified atom stereocenters. The van der Waals surface area contributed by atoms with Gasteiger partial charge in [0.15, 0.2) is 0 Å². The molecule has 1 heterocycles. The molecule has 1 saturated heterocycles. The second kappa shape index (κ2) is 7.06. The van der Waals surface area contributed by atoms with E-state index in [9.17, 15) is 0 Å². The first-order valence-electron chi connectivity index (χ1n) is 7.68. The Balaban J connectivity index is 1.98. The molecule has 19 heavy (non-hydrogen) atoms. The minimum absolute atomic E-state index is 0.454. The van der Waals surface area contributed by atoms with Crippen LogP contribution in [-0.2, 0) is 0 Å². The molecule has 2 heteroatoms. The summed E-state index contributed by atoms with van der Waals surface area (Å²) < 4.78 is 0. The summed E-state index contributed by atoms with van der Waals surface area (Å²) in [7, 11) is 2.08. The molecule has 0 amide bonds. The van der Waals surface area contributed by atoms with Gasteiger partial charge in [-0.2, -0.15) is 0 Å². The Morgan fingerprint density at radius 3 is 2.63 bits per heavy atom. The number of piperidine rings is 1. The lowest BCUT2D eigenvalue weighted by atomic mass is 9.92. The summed E-state index contributed by atoms with van der Waals surface area (Å²) in [5.41, 5.74) is 1.40. The van der Waals surface area contributed by atoms with Crippen LogP contribution in [0.1, 0.15) is 44.7 Å². The molecule has 1 aromatic carbocycles. The lowest BCUT2D eigenvalue weighted by Crippen LogP contribution is -2.42. The molecule has 1 aromatic rings. The van der Waals surface area contributed by atoms with Gasteiger partial charge in [0, 0.05) is 18.6 Å². The van der Waals surface area contributed by atoms with Gasteiger partial charge in [-0.25, -0.2) is 0 Å². The zero-order chi connectivity index (χ0) is 13.7. The van der Waals surface area contributed by atoms with Gasteiger partial charge in [-0.05, 0) is 44.8 Å². The number of hydrogen-bond acceptors (Lipinski definition) is 2. The second-order valence-corrected chi connectivity index (χ2v) is 5.99. The van der Waals surface area contributed by atoms with E-state index in [0.717, 1.165) is 6.04 Å². The standard InChI is InChI=1S/C17H28N2/c1-14(13-19-12-8-7-9-15(19)2)17(18-3)16-10-5-4-6-11-16/h4-6,10-11,14-15,17-18H,7-9,12-13H2,1-3H3. The third-order valence-corrected chi connectivity index (χ3v) is 4.50. The summed E-state index contributed by atoms with van der Waals surface area (Å²) in [5, 5.41) is 3.50. The SMILES string of the molecule is CNC(c1ccccc1)C(C)CN1CCCCC1C. The van der Waals surface area contributed by atoms with Crippen molar-refractivity contribution in [3.63, 3.8) is 0 Å². The first-order chi connectivity index (χ1) is 9.22. The molecule has 1 fully saturated rings. The highest BCUT2D eigenvalue weighted by molar-refractivity contribution is 5.19. The van der Waals surface area contributed by atoms with Gasteiger partial charge in [0.05, 0.1) is 0 Å². The lowest BCUT2D eigenvalue weighted by molar-refractivity contribution is 0.129. The summed E-state index contributed by atoms with van der Waals surface area (Å²) in [4.78, 5) is 2.67. The summed E-state index contributed by atoms with van der Waals surface area (Å²) in [5.74, 6) is 0.632. The van der Waals surface area contributed by atoms with E-state index in [1.54, 1.807) is 0 Å². The summed E-state index contributed by atoms with van der Waals surface area (Å²) in [6, 6.07) is 12.0. The molecule has 0 aromatic heterocycles. The zero-order valence-electron chi connectivity index (χ0n) is 12.6. The summed E-state index contributed by atoms with van der Waals surface area (Å²) in [6.07, 6.45) is 4.13. The number of benzene rings is 1. The first-order valence-corrected chi connectivity index (χ1v) is 7.68. The Morgan fingerprint density at radius 2 is 2.00 bits per heavy atom. The van der Waals surface area contributed by atoms with Crippen molar-refractivity contribution in [2.24, 2.45) is 5.92 Å². The summed E-state index contributed by atoms with van der Waals surface area (Å²) >= 11 is 0. The van der Waals surface area contributed by atoms with Crippen molar-refractivity contribution in [3.8, 4) is 0 Å². The zero-order valence-corrected chi connectivity index (χ0v) is 12.6. The van der Waals surface area contributed by atoms with Crippen molar-refractivity contribution >= 4 is 0 Å². The van der Waals surface area contributed by atoms with Gasteiger partial charge < -0.3 is 10.2 Å². The van der Waals surface area contributed by atoms with Crippen molar-refractivity contribution in [1.29, 1.82) is 0 Å². The number of hydrogen-bond donors (Lipinski definition) is 1. The molecule has 2 rings (SSSR count). The molecule has 0 spiro atoms. The first kappa shape index (κ1) is 14.5. The topological polar surface area (TPSA) is 15.3 Å². The Hall–Kier alpha value is -0.860. The monoisotopic (exact) mass is 260 g/mol. The van der Waals surface area contributed by atoms with Gasteiger partial charge in [0.1, 0.15) is 0 Å². The Bertz CT molecular complexity index is 363. The van der Waals surface area contributed by atoms with Crippen LogP contribution >= 0.6 is 0 Å². The maximum absolute atomic E-state index is 3.50. The van der Waals surface area contributed by atoms with Gasteiger partial charge in [0.25, 0.3) is 0 Å². The molecule has 0 radical (unpaired) electrons. The fourth-order valence-corrected chi connectivity index (χ4v) is 3.34. The largest absolute Gasteiger partial charge is 0.313 e. The third kappa shape index (κ3) is 3.80. The molecule has 2 nitrogen and oxygen atoms in total. The van der Waals surface area contributed by atoms with Gasteiger partial charge in [0.2, 0.25) is 0 Å². The highest BCUT2D eigenvalue weighted by atomic mass is 15.2. The van der Waals surface area contributed by atoms with Crippen LogP contribution in [0.4, 0.5) is 0 Å². The van der Waals surface area contributed by atoms with E-state index in [-0.39, 0.29) is 0 Å². The van der Waals surface area contributed by atoms with E-state index in [2.05, 4.69) is 61.4 Å². The Morgan fingerprint density at radius 1 is 1.26 bits per heavy atom. The third-order valence-electron chi connectivity index (χ3n) is 4.50. The predicted octanol–water partition coefficient (Wildman–Crippen LogP) is 3.46. The van der Waals surface area contributed by atoms with Crippen molar-refractivity contribution < 1.29 is 0 Å². The molecule has 0 aliphatic carbocycles. The van der Waals surface area contributed by atoms with Gasteiger partial charge in [-0.3, -0.25) is 0 Å². The van der Waals surface area contributed by atoms with Crippen LogP contribution in [0.25, 0.3) is 0 Å². The average molecular weight is 260 g/mol. The molecule has 1 aliphatic rings. The molecule has 1 N–H and O–H groups in total. The van der Waals surface area contributed by atoms with E-state index in [1.807, 2.05) is 0 Å². The van der Waals surface area contributed by atoms with Gasteiger partial charge in [-0.15, -0.1) is 0 Å². The van der Waals surface area contributed by atoms with Crippen molar-refractivity contribution in [3.05, 3.63) is 35.9 Å². The van der Waals surface area contributed by atoms with Crippen LogP contribution in [0.15, 0.2) is 30.3 Å². The number of rotatable bonds is 5. The van der Waals surface area contributed by atoms with Crippen LogP contribution in [0, 0.1) is 5.92 Å². The Labute approximate surface area is 118 Å². The smallest absolute Gasteiger partial charge is 0.0355 e. The van der Waals surface area contributed by atoms with Gasteiger partial charge in [-0.1, -0.05) is 43.7 Å². The molecular formula is C17H28N2. The van der Waals surface area contributed by atoms with Crippen molar-refractivity contribution in [2.75, 3.05) is 20.1 Å². The molecule has 106 valence electrons. The molecular weight excluding hydrogens is 232 g/mol. The van der Waals surface area contributed by atoms with E-state index in [0.29, 0.717) is 12.0 Å².